The van der Waals surface area contributed by atoms with Gasteiger partial charge in [0.2, 0.25) is 0 Å². The van der Waals surface area contributed by atoms with Crippen LogP contribution in [0.15, 0.2) is 265 Å². The van der Waals surface area contributed by atoms with Crippen molar-refractivity contribution in [3.8, 4) is 55.6 Å². The molecule has 0 aliphatic carbocycles. The summed E-state index contributed by atoms with van der Waals surface area (Å²) in [6.45, 7) is 0. The summed E-state index contributed by atoms with van der Waals surface area (Å²) in [5.74, 6) is 0. The van der Waals surface area contributed by atoms with Crippen molar-refractivity contribution in [3.05, 3.63) is 261 Å². The molecule has 12 aromatic carbocycles. The summed E-state index contributed by atoms with van der Waals surface area (Å²) in [6, 6.07) is 94.5. The van der Waals surface area contributed by atoms with E-state index in [0.29, 0.717) is 0 Å². The minimum Gasteiger partial charge on any atom is -0.455 e. The van der Waals surface area contributed by atoms with Gasteiger partial charge in [-0.3, -0.25) is 0 Å². The van der Waals surface area contributed by atoms with E-state index in [0.717, 1.165) is 66.5 Å². The Morgan fingerprint density at radius 2 is 0.691 bits per heavy atom. The molecular formula is C66H43NO. The van der Waals surface area contributed by atoms with Crippen LogP contribution in [0.4, 0.5) is 17.1 Å². The van der Waals surface area contributed by atoms with Crippen molar-refractivity contribution in [3.63, 3.8) is 0 Å². The molecule has 0 unspecified atom stereocenters. The van der Waals surface area contributed by atoms with E-state index in [-0.39, 0.29) is 0 Å². The van der Waals surface area contributed by atoms with Crippen molar-refractivity contribution < 1.29 is 4.42 Å². The maximum absolute atomic E-state index is 6.95. The topological polar surface area (TPSA) is 16.4 Å². The van der Waals surface area contributed by atoms with E-state index in [4.69, 9.17) is 4.42 Å². The predicted octanol–water partition coefficient (Wildman–Crippen LogP) is 18.9. The van der Waals surface area contributed by atoms with Crippen molar-refractivity contribution in [1.29, 1.82) is 0 Å². The van der Waals surface area contributed by atoms with Crippen LogP contribution in [-0.4, -0.2) is 0 Å². The molecule has 0 aliphatic heterocycles. The van der Waals surface area contributed by atoms with Gasteiger partial charge in [0.25, 0.3) is 0 Å². The molecule has 2 heteroatoms. The molecule has 0 saturated heterocycles. The highest BCUT2D eigenvalue weighted by Gasteiger charge is 2.23. The van der Waals surface area contributed by atoms with Gasteiger partial charge < -0.3 is 9.32 Å². The van der Waals surface area contributed by atoms with Gasteiger partial charge in [0.05, 0.1) is 11.1 Å². The lowest BCUT2D eigenvalue weighted by molar-refractivity contribution is 0.672. The summed E-state index contributed by atoms with van der Waals surface area (Å²) in [5.41, 5.74) is 16.8. The van der Waals surface area contributed by atoms with Gasteiger partial charge in [-0.05, 0) is 137 Å². The number of fused-ring (bicyclic) bond motifs is 7. The Morgan fingerprint density at radius 1 is 0.265 bits per heavy atom. The molecule has 13 aromatic rings. The Morgan fingerprint density at radius 3 is 1.21 bits per heavy atom. The number of hydrogen-bond acceptors (Lipinski definition) is 2. The van der Waals surface area contributed by atoms with Crippen LogP contribution in [0.1, 0.15) is 0 Å². The van der Waals surface area contributed by atoms with Crippen LogP contribution in [0.25, 0.3) is 110 Å². The molecule has 0 bridgehead atoms. The molecule has 0 N–H and O–H groups in total. The maximum Gasteiger partial charge on any atom is 0.143 e. The molecule has 0 aliphatic rings. The van der Waals surface area contributed by atoms with Crippen molar-refractivity contribution in [2.75, 3.05) is 4.90 Å². The monoisotopic (exact) mass is 865 g/mol. The summed E-state index contributed by atoms with van der Waals surface area (Å²) in [5, 5.41) is 9.19. The summed E-state index contributed by atoms with van der Waals surface area (Å²) < 4.78 is 6.95. The highest BCUT2D eigenvalue weighted by Crippen LogP contribution is 2.48. The van der Waals surface area contributed by atoms with Crippen LogP contribution >= 0.6 is 0 Å². The van der Waals surface area contributed by atoms with E-state index >= 15 is 0 Å². The van der Waals surface area contributed by atoms with Gasteiger partial charge in [-0.15, -0.1) is 0 Å². The number of benzene rings is 12. The average molecular weight is 866 g/mol. The van der Waals surface area contributed by atoms with Crippen LogP contribution in [0.2, 0.25) is 0 Å². The van der Waals surface area contributed by atoms with Gasteiger partial charge in [-0.1, -0.05) is 206 Å². The fourth-order valence-electron chi connectivity index (χ4n) is 10.4. The Bertz CT molecular complexity index is 3920. The Kier molecular flexibility index (Phi) is 9.54. The van der Waals surface area contributed by atoms with Gasteiger partial charge in [0.1, 0.15) is 11.2 Å². The van der Waals surface area contributed by atoms with Gasteiger partial charge >= 0.3 is 0 Å². The van der Waals surface area contributed by atoms with Crippen molar-refractivity contribution in [1.82, 2.24) is 0 Å². The summed E-state index contributed by atoms with van der Waals surface area (Å²) in [6.07, 6.45) is 0. The molecular weight excluding hydrogens is 823 g/mol. The summed E-state index contributed by atoms with van der Waals surface area (Å²) >= 11 is 0. The average Bonchev–Trinajstić information content (AvgIpc) is 3.81. The van der Waals surface area contributed by atoms with E-state index in [1.165, 1.54) is 60.5 Å². The van der Waals surface area contributed by atoms with Crippen LogP contribution in [0, 0.1) is 0 Å². The number of furan rings is 1. The fourth-order valence-corrected chi connectivity index (χ4v) is 10.4. The molecule has 0 saturated carbocycles. The summed E-state index contributed by atoms with van der Waals surface area (Å²) in [4.78, 5) is 2.40. The third-order valence-corrected chi connectivity index (χ3v) is 13.6. The van der Waals surface area contributed by atoms with Crippen LogP contribution < -0.4 is 4.90 Å². The van der Waals surface area contributed by atoms with Crippen LogP contribution in [0.3, 0.4) is 0 Å². The summed E-state index contributed by atoms with van der Waals surface area (Å²) in [7, 11) is 0. The molecule has 318 valence electrons. The normalized spacial score (nSPS) is 11.5. The Labute approximate surface area is 395 Å². The lowest BCUT2D eigenvalue weighted by atomic mass is 9.85. The van der Waals surface area contributed by atoms with Crippen molar-refractivity contribution in [2.24, 2.45) is 0 Å². The lowest BCUT2D eigenvalue weighted by Gasteiger charge is -2.27. The second-order valence-corrected chi connectivity index (χ2v) is 17.6. The molecule has 68 heavy (non-hydrogen) atoms. The van der Waals surface area contributed by atoms with Gasteiger partial charge in [-0.2, -0.15) is 0 Å². The largest absolute Gasteiger partial charge is 0.455 e. The first-order valence-electron chi connectivity index (χ1n) is 23.3. The maximum atomic E-state index is 6.95. The first kappa shape index (κ1) is 39.4. The molecule has 0 amide bonds. The molecule has 0 atom stereocenters. The highest BCUT2D eigenvalue weighted by atomic mass is 16.3. The van der Waals surface area contributed by atoms with E-state index in [1.54, 1.807) is 0 Å². The lowest BCUT2D eigenvalue weighted by Crippen LogP contribution is -2.10. The zero-order valence-electron chi connectivity index (χ0n) is 37.2. The van der Waals surface area contributed by atoms with E-state index in [9.17, 15) is 0 Å². The predicted molar refractivity (Wildman–Crippen MR) is 288 cm³/mol. The molecule has 1 aromatic heterocycles. The molecule has 0 radical (unpaired) electrons. The zero-order chi connectivity index (χ0) is 45.0. The highest BCUT2D eigenvalue weighted by molar-refractivity contribution is 6.22. The van der Waals surface area contributed by atoms with Crippen LogP contribution in [-0.2, 0) is 0 Å². The number of nitrogens with zero attached hydrogens (tertiary/aromatic N) is 1. The van der Waals surface area contributed by atoms with Crippen LogP contribution in [0.5, 0.6) is 0 Å². The number of hydrogen-bond donors (Lipinski definition) is 0. The third-order valence-electron chi connectivity index (χ3n) is 13.6. The van der Waals surface area contributed by atoms with Gasteiger partial charge in [0, 0.05) is 22.1 Å². The molecule has 2 nitrogen and oxygen atoms in total. The minimum absolute atomic E-state index is 0.850. The Balaban J connectivity index is 1.00. The minimum atomic E-state index is 0.850. The smallest absolute Gasteiger partial charge is 0.143 e. The van der Waals surface area contributed by atoms with Gasteiger partial charge in [0.15, 0.2) is 0 Å². The van der Waals surface area contributed by atoms with Crippen molar-refractivity contribution >= 4 is 71.3 Å². The number of anilines is 3. The zero-order valence-corrected chi connectivity index (χ0v) is 37.2. The SMILES string of the molecule is c1ccc(-c2cc(-c3ccccc3)c(-c3ccc(-c4cc5c(oc6cccc(N(c7ccc8ccccc8c7)c7ccc8ccccc8c7)c65)c5ccccc45)cc3)cc2-c2ccccc2)cc1. The molecule has 0 spiro atoms. The Hall–Kier alpha value is -8.98. The standard InChI is InChI=1S/C66H43NO/c1-4-19-46(20-5-1)58-41-60(48-23-8-3-9-24-48)61(42-59(58)47-21-6-2-7-22-47)50-33-31-49(32-34-50)57-43-62-65-63(29-16-30-64(65)68-66(62)56-28-15-14-27-55(56)57)67(53-37-35-44-17-10-12-25-51(44)39-53)54-38-36-45-18-11-13-26-52(45)40-54/h1-43H. The van der Waals surface area contributed by atoms with E-state index in [1.807, 2.05) is 0 Å². The molecule has 13 rings (SSSR count). The first-order chi connectivity index (χ1) is 33.7. The fraction of sp³-hybridized carbons (Fsp3) is 0. The third kappa shape index (κ3) is 6.82. The molecule has 1 heterocycles. The van der Waals surface area contributed by atoms with E-state index in [2.05, 4.69) is 266 Å². The second-order valence-electron chi connectivity index (χ2n) is 17.6. The van der Waals surface area contributed by atoms with Crippen molar-refractivity contribution in [2.45, 2.75) is 0 Å². The second kappa shape index (κ2) is 16.5. The molecule has 0 fully saturated rings. The first-order valence-corrected chi connectivity index (χ1v) is 23.3. The van der Waals surface area contributed by atoms with E-state index < -0.39 is 0 Å². The van der Waals surface area contributed by atoms with Gasteiger partial charge in [-0.25, -0.2) is 0 Å². The quantitative estimate of drug-likeness (QED) is 0.151. The number of rotatable bonds is 8.